The third kappa shape index (κ3) is 2.68. The quantitative estimate of drug-likeness (QED) is 0.801. The van der Waals surface area contributed by atoms with Gasteiger partial charge in [-0.1, -0.05) is 11.6 Å². The number of rotatable bonds is 2. The first-order valence-electron chi connectivity index (χ1n) is 5.61. The number of carbonyl (C=O) groups excluding carboxylic acids is 1. The molecule has 1 aliphatic heterocycles. The summed E-state index contributed by atoms with van der Waals surface area (Å²) in [6.07, 6.45) is 0. The minimum atomic E-state index is -3.71. The lowest BCUT2D eigenvalue weighted by Crippen LogP contribution is -2.50. The number of nitrogens with two attached hydrogens (primary N) is 1. The lowest BCUT2D eigenvalue weighted by molar-refractivity contribution is -0.132. The molecule has 6 nitrogen and oxygen atoms in total. The molecule has 1 amide bonds. The summed E-state index contributed by atoms with van der Waals surface area (Å²) in [6.45, 7) is 0.494. The summed E-state index contributed by atoms with van der Waals surface area (Å²) in [6, 6.07) is 4.13. The van der Waals surface area contributed by atoms with Crippen molar-refractivity contribution in [3.05, 3.63) is 23.2 Å². The Hall–Kier alpha value is -1.31. The van der Waals surface area contributed by atoms with Gasteiger partial charge in [0.2, 0.25) is 15.9 Å². The second kappa shape index (κ2) is 4.99. The minimum Gasteiger partial charge on any atom is -0.398 e. The van der Waals surface area contributed by atoms with Gasteiger partial charge in [0.25, 0.3) is 0 Å². The summed E-state index contributed by atoms with van der Waals surface area (Å²) < 4.78 is 25.9. The van der Waals surface area contributed by atoms with Gasteiger partial charge in [-0.3, -0.25) is 4.79 Å². The highest BCUT2D eigenvalue weighted by molar-refractivity contribution is 7.89. The summed E-state index contributed by atoms with van der Waals surface area (Å²) in [4.78, 5) is 13.1. The Morgan fingerprint density at radius 3 is 2.58 bits per heavy atom. The van der Waals surface area contributed by atoms with Crippen molar-refractivity contribution in [3.63, 3.8) is 0 Å². The number of halogens is 1. The highest BCUT2D eigenvalue weighted by Gasteiger charge is 2.31. The molecule has 1 aromatic carbocycles. The van der Waals surface area contributed by atoms with Crippen LogP contribution in [-0.2, 0) is 14.8 Å². The molecule has 1 aliphatic rings. The molecule has 19 heavy (non-hydrogen) atoms. The maximum atomic E-state index is 12.4. The van der Waals surface area contributed by atoms with Gasteiger partial charge in [-0.15, -0.1) is 0 Å². The Balaban J connectivity index is 2.32. The fourth-order valence-electron chi connectivity index (χ4n) is 1.76. The minimum absolute atomic E-state index is 0.0454. The van der Waals surface area contributed by atoms with E-state index in [1.54, 1.807) is 7.05 Å². The highest BCUT2D eigenvalue weighted by Crippen LogP contribution is 2.25. The van der Waals surface area contributed by atoms with Crippen LogP contribution in [-0.4, -0.2) is 50.2 Å². The van der Waals surface area contributed by atoms with Crippen LogP contribution >= 0.6 is 11.6 Å². The van der Waals surface area contributed by atoms with Crippen LogP contribution in [0.4, 0.5) is 5.69 Å². The first-order valence-corrected chi connectivity index (χ1v) is 7.43. The predicted molar refractivity (Wildman–Crippen MR) is 72.3 cm³/mol. The average Bonchev–Trinajstić information content (AvgIpc) is 2.35. The number of hydrogen-bond acceptors (Lipinski definition) is 4. The van der Waals surface area contributed by atoms with Gasteiger partial charge in [-0.25, -0.2) is 8.42 Å². The van der Waals surface area contributed by atoms with Crippen molar-refractivity contribution >= 4 is 33.2 Å². The van der Waals surface area contributed by atoms with Gasteiger partial charge in [0, 0.05) is 20.1 Å². The average molecular weight is 304 g/mol. The fourth-order valence-corrected chi connectivity index (χ4v) is 3.41. The smallest absolute Gasteiger partial charge is 0.243 e. The topological polar surface area (TPSA) is 83.7 Å². The normalized spacial score (nSPS) is 17.8. The van der Waals surface area contributed by atoms with Gasteiger partial charge in [0.1, 0.15) is 0 Å². The van der Waals surface area contributed by atoms with Crippen molar-refractivity contribution in [2.24, 2.45) is 0 Å². The van der Waals surface area contributed by atoms with Gasteiger partial charge in [-0.05, 0) is 18.2 Å². The SMILES string of the molecule is CN1CCN(S(=O)(=O)c2ccc(N)c(Cl)c2)CC1=O. The molecule has 0 bridgehead atoms. The predicted octanol–water partition coefficient (Wildman–Crippen LogP) is 0.385. The van der Waals surface area contributed by atoms with Crippen LogP contribution in [0, 0.1) is 0 Å². The molecule has 0 spiro atoms. The van der Waals surface area contributed by atoms with Gasteiger partial charge in [-0.2, -0.15) is 4.31 Å². The lowest BCUT2D eigenvalue weighted by Gasteiger charge is -2.31. The monoisotopic (exact) mass is 303 g/mol. The molecule has 1 aromatic rings. The maximum absolute atomic E-state index is 12.4. The number of likely N-dealkylation sites (N-methyl/N-ethyl adjacent to an activating group) is 1. The largest absolute Gasteiger partial charge is 0.398 e. The lowest BCUT2D eigenvalue weighted by atomic mass is 10.3. The van der Waals surface area contributed by atoms with Crippen LogP contribution < -0.4 is 5.73 Å². The Kier molecular flexibility index (Phi) is 3.71. The number of piperazine rings is 1. The maximum Gasteiger partial charge on any atom is 0.243 e. The van der Waals surface area contributed by atoms with Crippen LogP contribution in [0.2, 0.25) is 5.02 Å². The van der Waals surface area contributed by atoms with E-state index in [2.05, 4.69) is 0 Å². The molecule has 2 rings (SSSR count). The molecule has 0 unspecified atom stereocenters. The number of benzene rings is 1. The molecular formula is C11H14ClN3O3S. The van der Waals surface area contributed by atoms with Crippen molar-refractivity contribution in [1.82, 2.24) is 9.21 Å². The summed E-state index contributed by atoms with van der Waals surface area (Å²) in [5.41, 5.74) is 5.86. The van der Waals surface area contributed by atoms with Gasteiger partial charge < -0.3 is 10.6 Å². The van der Waals surface area contributed by atoms with E-state index in [1.807, 2.05) is 0 Å². The van der Waals surface area contributed by atoms with Crippen LogP contribution in [0.15, 0.2) is 23.1 Å². The highest BCUT2D eigenvalue weighted by atomic mass is 35.5. The van der Waals surface area contributed by atoms with Crippen LogP contribution in [0.3, 0.4) is 0 Å². The summed E-state index contributed by atoms with van der Waals surface area (Å²) in [5.74, 6) is -0.226. The number of hydrogen-bond donors (Lipinski definition) is 1. The molecule has 8 heteroatoms. The molecule has 2 N–H and O–H groups in total. The van der Waals surface area contributed by atoms with Gasteiger partial charge in [0.15, 0.2) is 0 Å². The molecule has 104 valence electrons. The first kappa shape index (κ1) is 14.1. The molecule has 0 aliphatic carbocycles. The summed E-state index contributed by atoms with van der Waals surface area (Å²) >= 11 is 5.83. The first-order chi connectivity index (χ1) is 8.82. The van der Waals surface area contributed by atoms with E-state index in [1.165, 1.54) is 23.1 Å². The Morgan fingerprint density at radius 2 is 2.00 bits per heavy atom. The van der Waals surface area contributed by atoms with Crippen LogP contribution in [0.25, 0.3) is 0 Å². The molecular weight excluding hydrogens is 290 g/mol. The second-order valence-corrected chi connectivity index (χ2v) is 6.68. The number of sulfonamides is 1. The van der Waals surface area contributed by atoms with E-state index in [-0.39, 0.29) is 28.9 Å². The number of amides is 1. The second-order valence-electron chi connectivity index (χ2n) is 4.34. The molecule has 1 heterocycles. The zero-order chi connectivity index (χ0) is 14.2. The number of carbonyl (C=O) groups is 1. The van der Waals surface area contributed by atoms with E-state index >= 15 is 0 Å². The van der Waals surface area contributed by atoms with E-state index < -0.39 is 10.0 Å². The van der Waals surface area contributed by atoms with Crippen LogP contribution in [0.1, 0.15) is 0 Å². The molecule has 1 fully saturated rings. The Morgan fingerprint density at radius 1 is 1.32 bits per heavy atom. The molecule has 0 saturated carbocycles. The van der Waals surface area contributed by atoms with Crippen molar-refractivity contribution < 1.29 is 13.2 Å². The van der Waals surface area contributed by atoms with Crippen molar-refractivity contribution in [3.8, 4) is 0 Å². The zero-order valence-corrected chi connectivity index (χ0v) is 11.9. The summed E-state index contributed by atoms with van der Waals surface area (Å²) in [7, 11) is -2.07. The third-order valence-corrected chi connectivity index (χ3v) is 5.20. The molecule has 0 atom stereocenters. The van der Waals surface area contributed by atoms with Crippen molar-refractivity contribution in [1.29, 1.82) is 0 Å². The van der Waals surface area contributed by atoms with Crippen LogP contribution in [0.5, 0.6) is 0 Å². The molecule has 1 saturated heterocycles. The Labute approximate surface area is 116 Å². The fraction of sp³-hybridized carbons (Fsp3) is 0.364. The van der Waals surface area contributed by atoms with Crippen molar-refractivity contribution in [2.45, 2.75) is 4.90 Å². The Bertz CT molecular complexity index is 618. The standard InChI is InChI=1S/C11H14ClN3O3S/c1-14-4-5-15(7-11(14)16)19(17,18)8-2-3-10(13)9(12)6-8/h2-3,6H,4-5,7,13H2,1H3. The van der Waals surface area contributed by atoms with Gasteiger partial charge in [0.05, 0.1) is 22.2 Å². The van der Waals surface area contributed by atoms with E-state index in [9.17, 15) is 13.2 Å². The van der Waals surface area contributed by atoms with Crippen molar-refractivity contribution in [2.75, 3.05) is 32.4 Å². The molecule has 0 radical (unpaired) electrons. The van der Waals surface area contributed by atoms with Gasteiger partial charge >= 0.3 is 0 Å². The molecule has 0 aromatic heterocycles. The number of nitrogen functional groups attached to an aromatic ring is 1. The van der Waals surface area contributed by atoms with E-state index in [0.717, 1.165) is 4.31 Å². The number of anilines is 1. The summed E-state index contributed by atoms with van der Waals surface area (Å²) in [5, 5.41) is 0.182. The zero-order valence-electron chi connectivity index (χ0n) is 10.3. The third-order valence-electron chi connectivity index (χ3n) is 3.03. The number of nitrogens with zero attached hydrogens (tertiary/aromatic N) is 2. The van der Waals surface area contributed by atoms with E-state index in [4.69, 9.17) is 17.3 Å². The van der Waals surface area contributed by atoms with E-state index in [0.29, 0.717) is 12.2 Å².